The van der Waals surface area contributed by atoms with Crippen LogP contribution < -0.4 is 15.2 Å². The Kier molecular flexibility index (Phi) is 3.40. The standard InChI is InChI=1S/C11H15NO2/c1-4-8-6-7-9(14-5-2)10(12)11(8)13-3/h4,6-7H,1,5,12H2,2-3H3. The van der Waals surface area contributed by atoms with E-state index in [0.717, 1.165) is 5.56 Å². The Morgan fingerprint density at radius 3 is 2.71 bits per heavy atom. The van der Waals surface area contributed by atoms with Crippen molar-refractivity contribution >= 4 is 11.8 Å². The van der Waals surface area contributed by atoms with E-state index in [1.807, 2.05) is 19.1 Å². The van der Waals surface area contributed by atoms with Gasteiger partial charge in [0.1, 0.15) is 11.4 Å². The summed E-state index contributed by atoms with van der Waals surface area (Å²) in [5.74, 6) is 1.26. The molecule has 0 atom stereocenters. The normalized spacial score (nSPS) is 9.57. The molecule has 0 spiro atoms. The Bertz CT molecular complexity index is 334. The summed E-state index contributed by atoms with van der Waals surface area (Å²) in [6.45, 7) is 6.17. The molecular formula is C11H15NO2. The van der Waals surface area contributed by atoms with E-state index in [4.69, 9.17) is 15.2 Å². The number of hydrogen-bond acceptors (Lipinski definition) is 3. The van der Waals surface area contributed by atoms with Gasteiger partial charge >= 0.3 is 0 Å². The fourth-order valence-electron chi connectivity index (χ4n) is 1.27. The summed E-state index contributed by atoms with van der Waals surface area (Å²) in [4.78, 5) is 0. The van der Waals surface area contributed by atoms with Crippen LogP contribution in [0.5, 0.6) is 11.5 Å². The number of methoxy groups -OCH3 is 1. The predicted molar refractivity (Wildman–Crippen MR) is 58.7 cm³/mol. The third-order valence-corrected chi connectivity index (χ3v) is 1.91. The van der Waals surface area contributed by atoms with Gasteiger partial charge in [-0.1, -0.05) is 12.7 Å². The average Bonchev–Trinajstić information content (AvgIpc) is 2.21. The lowest BCUT2D eigenvalue weighted by molar-refractivity contribution is 0.338. The van der Waals surface area contributed by atoms with Gasteiger partial charge in [0, 0.05) is 5.56 Å². The topological polar surface area (TPSA) is 44.5 Å². The quantitative estimate of drug-likeness (QED) is 0.746. The van der Waals surface area contributed by atoms with Crippen molar-refractivity contribution in [1.29, 1.82) is 0 Å². The number of hydrogen-bond donors (Lipinski definition) is 1. The molecule has 0 fully saturated rings. The minimum atomic E-state index is 0.520. The van der Waals surface area contributed by atoms with Crippen LogP contribution in [0.4, 0.5) is 5.69 Å². The highest BCUT2D eigenvalue weighted by Gasteiger charge is 2.09. The first-order valence-corrected chi connectivity index (χ1v) is 4.46. The number of rotatable bonds is 4. The van der Waals surface area contributed by atoms with Crippen LogP contribution in [0.15, 0.2) is 18.7 Å². The van der Waals surface area contributed by atoms with Gasteiger partial charge in [-0.3, -0.25) is 0 Å². The molecule has 3 heteroatoms. The van der Waals surface area contributed by atoms with Crippen molar-refractivity contribution in [3.63, 3.8) is 0 Å². The molecule has 1 aromatic carbocycles. The fourth-order valence-corrected chi connectivity index (χ4v) is 1.27. The van der Waals surface area contributed by atoms with Crippen LogP contribution in [0.3, 0.4) is 0 Å². The van der Waals surface area contributed by atoms with E-state index in [1.165, 1.54) is 0 Å². The maximum atomic E-state index is 5.86. The zero-order chi connectivity index (χ0) is 10.6. The maximum absolute atomic E-state index is 5.86. The molecule has 0 aliphatic carbocycles. The lowest BCUT2D eigenvalue weighted by Crippen LogP contribution is -2.00. The van der Waals surface area contributed by atoms with Crippen molar-refractivity contribution in [2.24, 2.45) is 0 Å². The Hall–Kier alpha value is -1.64. The Labute approximate surface area is 84.1 Å². The van der Waals surface area contributed by atoms with Crippen molar-refractivity contribution < 1.29 is 9.47 Å². The number of benzene rings is 1. The van der Waals surface area contributed by atoms with Gasteiger partial charge in [-0.25, -0.2) is 0 Å². The van der Waals surface area contributed by atoms with Crippen LogP contribution in [0.2, 0.25) is 0 Å². The number of nitrogens with two attached hydrogens (primary N) is 1. The van der Waals surface area contributed by atoms with Crippen molar-refractivity contribution in [2.75, 3.05) is 19.5 Å². The summed E-state index contributed by atoms with van der Waals surface area (Å²) in [7, 11) is 1.58. The minimum Gasteiger partial charge on any atom is -0.494 e. The number of anilines is 1. The van der Waals surface area contributed by atoms with Crippen molar-refractivity contribution in [2.45, 2.75) is 6.92 Å². The van der Waals surface area contributed by atoms with E-state index in [2.05, 4.69) is 6.58 Å². The van der Waals surface area contributed by atoms with Crippen LogP contribution in [-0.2, 0) is 0 Å². The Morgan fingerprint density at radius 1 is 1.50 bits per heavy atom. The lowest BCUT2D eigenvalue weighted by atomic mass is 10.1. The molecule has 0 saturated heterocycles. The van der Waals surface area contributed by atoms with E-state index in [1.54, 1.807) is 13.2 Å². The first kappa shape index (κ1) is 10.4. The molecule has 2 N–H and O–H groups in total. The molecule has 0 aliphatic rings. The monoisotopic (exact) mass is 193 g/mol. The number of nitrogen functional groups attached to an aromatic ring is 1. The zero-order valence-corrected chi connectivity index (χ0v) is 8.54. The van der Waals surface area contributed by atoms with Gasteiger partial charge in [0.2, 0.25) is 0 Å². The highest BCUT2D eigenvalue weighted by atomic mass is 16.5. The molecule has 0 bridgehead atoms. The van der Waals surface area contributed by atoms with Gasteiger partial charge in [0.05, 0.1) is 13.7 Å². The lowest BCUT2D eigenvalue weighted by Gasteiger charge is -2.12. The molecule has 14 heavy (non-hydrogen) atoms. The summed E-state index contributed by atoms with van der Waals surface area (Å²) >= 11 is 0. The van der Waals surface area contributed by atoms with E-state index < -0.39 is 0 Å². The number of ether oxygens (including phenoxy) is 2. The van der Waals surface area contributed by atoms with Crippen molar-refractivity contribution in [1.82, 2.24) is 0 Å². The third kappa shape index (κ3) is 1.82. The first-order chi connectivity index (χ1) is 6.74. The van der Waals surface area contributed by atoms with E-state index >= 15 is 0 Å². The molecule has 1 rings (SSSR count). The molecule has 0 heterocycles. The largest absolute Gasteiger partial charge is 0.494 e. The van der Waals surface area contributed by atoms with Gasteiger partial charge in [-0.05, 0) is 19.1 Å². The van der Waals surface area contributed by atoms with E-state index in [-0.39, 0.29) is 0 Å². The second-order valence-electron chi connectivity index (χ2n) is 2.74. The summed E-state index contributed by atoms with van der Waals surface area (Å²) in [5, 5.41) is 0. The first-order valence-electron chi connectivity index (χ1n) is 4.46. The fraction of sp³-hybridized carbons (Fsp3) is 0.273. The molecule has 0 radical (unpaired) electrons. The Morgan fingerprint density at radius 2 is 2.21 bits per heavy atom. The van der Waals surface area contributed by atoms with Gasteiger partial charge in [-0.2, -0.15) is 0 Å². The second kappa shape index (κ2) is 4.56. The van der Waals surface area contributed by atoms with Crippen LogP contribution in [0.25, 0.3) is 6.08 Å². The third-order valence-electron chi connectivity index (χ3n) is 1.91. The van der Waals surface area contributed by atoms with Crippen LogP contribution in [0.1, 0.15) is 12.5 Å². The van der Waals surface area contributed by atoms with Crippen LogP contribution in [-0.4, -0.2) is 13.7 Å². The molecule has 0 unspecified atom stereocenters. The summed E-state index contributed by atoms with van der Waals surface area (Å²) < 4.78 is 10.5. The molecule has 76 valence electrons. The van der Waals surface area contributed by atoms with Crippen LogP contribution in [0, 0.1) is 0 Å². The highest BCUT2D eigenvalue weighted by molar-refractivity contribution is 5.72. The highest BCUT2D eigenvalue weighted by Crippen LogP contribution is 2.35. The molecule has 0 aromatic heterocycles. The predicted octanol–water partition coefficient (Wildman–Crippen LogP) is 2.32. The van der Waals surface area contributed by atoms with Gasteiger partial charge < -0.3 is 15.2 Å². The Balaban J connectivity index is 3.20. The molecule has 0 saturated carbocycles. The van der Waals surface area contributed by atoms with E-state index in [0.29, 0.717) is 23.8 Å². The SMILES string of the molecule is C=Cc1ccc(OCC)c(N)c1OC. The van der Waals surface area contributed by atoms with Crippen molar-refractivity contribution in [3.8, 4) is 11.5 Å². The molecule has 1 aromatic rings. The van der Waals surface area contributed by atoms with Gasteiger partial charge in [0.15, 0.2) is 5.75 Å². The minimum absolute atomic E-state index is 0.520. The second-order valence-corrected chi connectivity index (χ2v) is 2.74. The molecule has 0 amide bonds. The zero-order valence-electron chi connectivity index (χ0n) is 8.54. The smallest absolute Gasteiger partial charge is 0.152 e. The maximum Gasteiger partial charge on any atom is 0.152 e. The summed E-state index contributed by atoms with van der Waals surface area (Å²) in [5.41, 5.74) is 7.25. The molecule has 3 nitrogen and oxygen atoms in total. The molecule has 0 aliphatic heterocycles. The average molecular weight is 193 g/mol. The molecular weight excluding hydrogens is 178 g/mol. The van der Waals surface area contributed by atoms with Gasteiger partial charge in [0.25, 0.3) is 0 Å². The van der Waals surface area contributed by atoms with Crippen LogP contribution >= 0.6 is 0 Å². The summed E-state index contributed by atoms with van der Waals surface area (Å²) in [6.07, 6.45) is 1.70. The summed E-state index contributed by atoms with van der Waals surface area (Å²) in [6, 6.07) is 3.69. The van der Waals surface area contributed by atoms with Gasteiger partial charge in [-0.15, -0.1) is 0 Å². The van der Waals surface area contributed by atoms with E-state index in [9.17, 15) is 0 Å². The van der Waals surface area contributed by atoms with Crippen molar-refractivity contribution in [3.05, 3.63) is 24.3 Å².